The molecule has 1 amide bonds. The van der Waals surface area contributed by atoms with E-state index >= 15 is 0 Å². The standard InChI is InChI=1S/C24H25F7N2O/c1-13-8-18(25)4-5-19(13)20-12-32-7-6-21(20)33(3)22(34)14(2)15-9-16(23(26,27)28)11-17(10-15)24(29,30)31/h4-5,8-11,14,20-21,32H,6-7,12H2,1-3H3/t14-,20+,21-/m0/s1. The van der Waals surface area contributed by atoms with E-state index < -0.39 is 41.1 Å². The number of piperidine rings is 1. The molecule has 0 aromatic heterocycles. The highest BCUT2D eigenvalue weighted by Crippen LogP contribution is 2.38. The van der Waals surface area contributed by atoms with Gasteiger partial charge in [0.15, 0.2) is 0 Å². The molecule has 186 valence electrons. The maximum atomic E-state index is 13.6. The normalized spacial score (nSPS) is 20.2. The van der Waals surface area contributed by atoms with Gasteiger partial charge in [0.05, 0.1) is 17.0 Å². The zero-order chi connectivity index (χ0) is 25.4. The van der Waals surface area contributed by atoms with E-state index in [4.69, 9.17) is 0 Å². The minimum atomic E-state index is -5.00. The van der Waals surface area contributed by atoms with Crippen LogP contribution in [0, 0.1) is 12.7 Å². The number of rotatable bonds is 4. The fourth-order valence-electron chi connectivity index (χ4n) is 4.52. The van der Waals surface area contributed by atoms with Gasteiger partial charge in [-0.3, -0.25) is 4.79 Å². The second-order valence-electron chi connectivity index (χ2n) is 8.68. The molecule has 2 aromatic rings. The summed E-state index contributed by atoms with van der Waals surface area (Å²) < 4.78 is 93.1. The highest BCUT2D eigenvalue weighted by Gasteiger charge is 2.39. The minimum Gasteiger partial charge on any atom is -0.342 e. The van der Waals surface area contributed by atoms with Crippen LogP contribution < -0.4 is 5.32 Å². The monoisotopic (exact) mass is 490 g/mol. The number of nitrogens with one attached hydrogen (secondary N) is 1. The lowest BCUT2D eigenvalue weighted by Crippen LogP contribution is -2.50. The van der Waals surface area contributed by atoms with Crippen molar-refractivity contribution in [2.75, 3.05) is 20.1 Å². The van der Waals surface area contributed by atoms with Crippen molar-refractivity contribution < 1.29 is 35.5 Å². The maximum Gasteiger partial charge on any atom is 0.416 e. The van der Waals surface area contributed by atoms with Crippen molar-refractivity contribution in [2.45, 2.75) is 50.5 Å². The summed E-state index contributed by atoms with van der Waals surface area (Å²) in [6.07, 6.45) is -9.47. The Morgan fingerprint density at radius 2 is 1.62 bits per heavy atom. The van der Waals surface area contributed by atoms with E-state index in [0.717, 1.165) is 5.56 Å². The van der Waals surface area contributed by atoms with Gasteiger partial charge in [-0.2, -0.15) is 26.3 Å². The SMILES string of the molecule is Cc1cc(F)ccc1[C@H]1CNCC[C@@H]1N(C)C(=O)[C@@H](C)c1cc(C(F)(F)F)cc(C(F)(F)F)c1. The predicted molar refractivity (Wildman–Crippen MR) is 113 cm³/mol. The fraction of sp³-hybridized carbons (Fsp3) is 0.458. The van der Waals surface area contributed by atoms with Crippen molar-refractivity contribution in [1.29, 1.82) is 0 Å². The summed E-state index contributed by atoms with van der Waals surface area (Å²) in [5.74, 6) is -2.45. The van der Waals surface area contributed by atoms with Gasteiger partial charge in [0.1, 0.15) is 5.82 Å². The van der Waals surface area contributed by atoms with E-state index in [1.807, 2.05) is 0 Å². The summed E-state index contributed by atoms with van der Waals surface area (Å²) in [7, 11) is 1.50. The highest BCUT2D eigenvalue weighted by molar-refractivity contribution is 5.83. The molecule has 1 heterocycles. The van der Waals surface area contributed by atoms with Crippen LogP contribution in [0.25, 0.3) is 0 Å². The molecular weight excluding hydrogens is 465 g/mol. The number of likely N-dealkylation sites (N-methyl/N-ethyl adjacent to an activating group) is 1. The average molecular weight is 490 g/mol. The largest absolute Gasteiger partial charge is 0.416 e. The Morgan fingerprint density at radius 3 is 2.15 bits per heavy atom. The first kappa shape index (κ1) is 26.0. The molecule has 0 bridgehead atoms. The number of carbonyl (C=O) groups is 1. The van der Waals surface area contributed by atoms with Crippen LogP contribution in [0.15, 0.2) is 36.4 Å². The van der Waals surface area contributed by atoms with Gasteiger partial charge in [-0.25, -0.2) is 4.39 Å². The first-order valence-corrected chi connectivity index (χ1v) is 10.7. The van der Waals surface area contributed by atoms with E-state index in [0.29, 0.717) is 37.2 Å². The molecule has 3 nitrogen and oxygen atoms in total. The number of halogens is 7. The van der Waals surface area contributed by atoms with Crippen LogP contribution in [0.1, 0.15) is 53.0 Å². The van der Waals surface area contributed by atoms with Gasteiger partial charge in [-0.05, 0) is 73.8 Å². The summed E-state index contributed by atoms with van der Waals surface area (Å²) in [6.45, 7) is 4.11. The number of nitrogens with zero attached hydrogens (tertiary/aromatic N) is 1. The molecule has 1 aliphatic rings. The molecule has 1 N–H and O–H groups in total. The third kappa shape index (κ3) is 5.54. The molecular formula is C24H25F7N2O. The van der Waals surface area contributed by atoms with Gasteiger partial charge in [0, 0.05) is 25.6 Å². The Kier molecular flexibility index (Phi) is 7.31. The molecule has 1 fully saturated rings. The first-order chi connectivity index (χ1) is 15.7. The van der Waals surface area contributed by atoms with E-state index in [1.165, 1.54) is 31.0 Å². The molecule has 1 saturated heterocycles. The van der Waals surface area contributed by atoms with Gasteiger partial charge in [-0.15, -0.1) is 0 Å². The van der Waals surface area contributed by atoms with Gasteiger partial charge in [-0.1, -0.05) is 6.07 Å². The molecule has 0 aliphatic carbocycles. The van der Waals surface area contributed by atoms with E-state index in [2.05, 4.69) is 5.32 Å². The maximum absolute atomic E-state index is 13.6. The second-order valence-corrected chi connectivity index (χ2v) is 8.68. The first-order valence-electron chi connectivity index (χ1n) is 10.7. The van der Waals surface area contributed by atoms with Crippen LogP contribution in [0.3, 0.4) is 0 Å². The Bertz CT molecular complexity index is 1020. The van der Waals surface area contributed by atoms with Crippen LogP contribution in [0.5, 0.6) is 0 Å². The number of carbonyl (C=O) groups excluding carboxylic acids is 1. The smallest absolute Gasteiger partial charge is 0.342 e. The zero-order valence-electron chi connectivity index (χ0n) is 18.8. The Hall–Kier alpha value is -2.62. The molecule has 34 heavy (non-hydrogen) atoms. The number of hydrogen-bond donors (Lipinski definition) is 1. The summed E-state index contributed by atoms with van der Waals surface area (Å²) in [5, 5.41) is 3.23. The van der Waals surface area contributed by atoms with Crippen LogP contribution >= 0.6 is 0 Å². The quantitative estimate of drug-likeness (QED) is 0.543. The molecule has 0 unspecified atom stereocenters. The fourth-order valence-corrected chi connectivity index (χ4v) is 4.52. The lowest BCUT2D eigenvalue weighted by molar-refractivity contribution is -0.143. The van der Waals surface area contributed by atoms with Gasteiger partial charge >= 0.3 is 12.4 Å². The summed E-state index contributed by atoms with van der Waals surface area (Å²) in [4.78, 5) is 14.7. The number of hydrogen-bond acceptors (Lipinski definition) is 2. The topological polar surface area (TPSA) is 32.3 Å². The van der Waals surface area contributed by atoms with E-state index in [9.17, 15) is 35.5 Å². The summed E-state index contributed by atoms with van der Waals surface area (Å²) in [6, 6.07) is 5.20. The van der Waals surface area contributed by atoms with E-state index in [1.54, 1.807) is 13.0 Å². The van der Waals surface area contributed by atoms with Crippen molar-refractivity contribution >= 4 is 5.91 Å². The number of benzene rings is 2. The third-order valence-corrected chi connectivity index (χ3v) is 6.40. The van der Waals surface area contributed by atoms with Crippen LogP contribution in [-0.4, -0.2) is 37.0 Å². The predicted octanol–water partition coefficient (Wildman–Crippen LogP) is 5.88. The molecule has 2 aromatic carbocycles. The molecule has 1 aliphatic heterocycles. The molecule has 0 radical (unpaired) electrons. The Balaban J connectivity index is 1.94. The minimum absolute atomic E-state index is 0.0462. The lowest BCUT2D eigenvalue weighted by atomic mass is 9.83. The van der Waals surface area contributed by atoms with Gasteiger partial charge in [0.25, 0.3) is 0 Å². The summed E-state index contributed by atoms with van der Waals surface area (Å²) >= 11 is 0. The molecule has 3 atom stereocenters. The van der Waals surface area contributed by atoms with Crippen molar-refractivity contribution in [3.05, 3.63) is 70.0 Å². The van der Waals surface area contributed by atoms with Crippen molar-refractivity contribution in [1.82, 2.24) is 10.2 Å². The van der Waals surface area contributed by atoms with Crippen molar-refractivity contribution in [3.8, 4) is 0 Å². The molecule has 0 saturated carbocycles. The van der Waals surface area contributed by atoms with Crippen molar-refractivity contribution in [2.24, 2.45) is 0 Å². The summed E-state index contributed by atoms with van der Waals surface area (Å²) in [5.41, 5.74) is -1.75. The molecule has 0 spiro atoms. The zero-order valence-corrected chi connectivity index (χ0v) is 18.8. The Morgan fingerprint density at radius 1 is 1.03 bits per heavy atom. The van der Waals surface area contributed by atoms with Gasteiger partial charge < -0.3 is 10.2 Å². The van der Waals surface area contributed by atoms with Crippen LogP contribution in [0.2, 0.25) is 0 Å². The molecule has 3 rings (SSSR count). The van der Waals surface area contributed by atoms with Crippen LogP contribution in [0.4, 0.5) is 30.7 Å². The lowest BCUT2D eigenvalue weighted by Gasteiger charge is -2.40. The number of amides is 1. The third-order valence-electron chi connectivity index (χ3n) is 6.40. The van der Waals surface area contributed by atoms with Crippen molar-refractivity contribution in [3.63, 3.8) is 0 Å². The second kappa shape index (κ2) is 9.56. The highest BCUT2D eigenvalue weighted by atomic mass is 19.4. The van der Waals surface area contributed by atoms with Gasteiger partial charge in [0.2, 0.25) is 5.91 Å². The number of alkyl halides is 6. The Labute approximate surface area is 192 Å². The van der Waals surface area contributed by atoms with Crippen LogP contribution in [-0.2, 0) is 17.1 Å². The molecule has 10 heteroatoms. The average Bonchev–Trinajstić information content (AvgIpc) is 2.76. The number of aryl methyl sites for hydroxylation is 1. The van der Waals surface area contributed by atoms with E-state index in [-0.39, 0.29) is 23.6 Å².